The van der Waals surface area contributed by atoms with Gasteiger partial charge in [0, 0.05) is 33.3 Å². The summed E-state index contributed by atoms with van der Waals surface area (Å²) in [5.41, 5.74) is 0.715. The Morgan fingerprint density at radius 2 is 1.95 bits per heavy atom. The van der Waals surface area contributed by atoms with E-state index in [0.29, 0.717) is 31.0 Å². The third-order valence-electron chi connectivity index (χ3n) is 3.19. The maximum atomic E-state index is 11.9. The quantitative estimate of drug-likeness (QED) is 0.665. The van der Waals surface area contributed by atoms with Gasteiger partial charge in [-0.25, -0.2) is 4.79 Å². The SMILES string of the molecule is COCCN(CC(=O)N(C)C)Cc1cc(C)c(C(=O)OC)o1. The summed E-state index contributed by atoms with van der Waals surface area (Å²) >= 11 is 0. The minimum Gasteiger partial charge on any atom is -0.463 e. The minimum atomic E-state index is -0.503. The zero-order chi connectivity index (χ0) is 16.7. The van der Waals surface area contributed by atoms with Crippen LogP contribution >= 0.6 is 0 Å². The van der Waals surface area contributed by atoms with Gasteiger partial charge in [0.05, 0.1) is 26.8 Å². The fourth-order valence-corrected chi connectivity index (χ4v) is 1.91. The fourth-order valence-electron chi connectivity index (χ4n) is 1.91. The van der Waals surface area contributed by atoms with Crippen LogP contribution in [-0.2, 0) is 20.8 Å². The van der Waals surface area contributed by atoms with E-state index in [9.17, 15) is 9.59 Å². The van der Waals surface area contributed by atoms with Crippen LogP contribution in [0.1, 0.15) is 21.9 Å². The lowest BCUT2D eigenvalue weighted by atomic mass is 10.2. The van der Waals surface area contributed by atoms with Crippen LogP contribution in [0, 0.1) is 6.92 Å². The number of carbonyl (C=O) groups excluding carboxylic acids is 2. The van der Waals surface area contributed by atoms with Gasteiger partial charge in [0.2, 0.25) is 11.7 Å². The van der Waals surface area contributed by atoms with Gasteiger partial charge < -0.3 is 18.8 Å². The molecule has 0 radical (unpaired) electrons. The lowest BCUT2D eigenvalue weighted by Crippen LogP contribution is -2.37. The molecule has 7 nitrogen and oxygen atoms in total. The number of ether oxygens (including phenoxy) is 2. The molecule has 0 saturated carbocycles. The molecule has 0 aliphatic rings. The second-order valence-corrected chi connectivity index (χ2v) is 5.21. The first-order chi connectivity index (χ1) is 10.4. The molecule has 0 N–H and O–H groups in total. The van der Waals surface area contributed by atoms with Crippen LogP contribution in [0.5, 0.6) is 0 Å². The van der Waals surface area contributed by atoms with E-state index in [-0.39, 0.29) is 18.2 Å². The van der Waals surface area contributed by atoms with Crippen molar-refractivity contribution in [3.63, 3.8) is 0 Å². The van der Waals surface area contributed by atoms with Gasteiger partial charge in [-0.15, -0.1) is 0 Å². The first-order valence-corrected chi connectivity index (χ1v) is 6.98. The minimum absolute atomic E-state index is 0.00688. The average Bonchev–Trinajstić information content (AvgIpc) is 2.84. The smallest absolute Gasteiger partial charge is 0.374 e. The van der Waals surface area contributed by atoms with Gasteiger partial charge in [0.25, 0.3) is 0 Å². The lowest BCUT2D eigenvalue weighted by molar-refractivity contribution is -0.130. The second-order valence-electron chi connectivity index (χ2n) is 5.21. The van der Waals surface area contributed by atoms with E-state index in [1.54, 1.807) is 34.2 Å². The summed E-state index contributed by atoms with van der Waals surface area (Å²) in [7, 11) is 6.34. The number of hydrogen-bond acceptors (Lipinski definition) is 6. The molecule has 1 amide bonds. The summed E-state index contributed by atoms with van der Waals surface area (Å²) in [6, 6.07) is 1.78. The monoisotopic (exact) mass is 312 g/mol. The number of carbonyl (C=O) groups is 2. The normalized spacial score (nSPS) is 10.8. The molecule has 0 fully saturated rings. The van der Waals surface area contributed by atoms with Crippen molar-refractivity contribution in [2.24, 2.45) is 0 Å². The Labute approximate surface area is 130 Å². The summed E-state index contributed by atoms with van der Waals surface area (Å²) in [6.07, 6.45) is 0. The Kier molecular flexibility index (Phi) is 7.07. The largest absolute Gasteiger partial charge is 0.463 e. The van der Waals surface area contributed by atoms with Gasteiger partial charge in [-0.1, -0.05) is 0 Å². The highest BCUT2D eigenvalue weighted by molar-refractivity contribution is 5.87. The molecule has 0 saturated heterocycles. The zero-order valence-electron chi connectivity index (χ0n) is 13.8. The number of aryl methyl sites for hydroxylation is 1. The molecule has 1 aromatic rings. The van der Waals surface area contributed by atoms with Crippen LogP contribution in [0.2, 0.25) is 0 Å². The number of rotatable bonds is 8. The number of esters is 1. The summed E-state index contributed by atoms with van der Waals surface area (Å²) in [4.78, 5) is 26.9. The van der Waals surface area contributed by atoms with Gasteiger partial charge >= 0.3 is 5.97 Å². The molecule has 0 aliphatic heterocycles. The summed E-state index contributed by atoms with van der Waals surface area (Å²) < 4.78 is 15.3. The molecule has 1 aromatic heterocycles. The standard InChI is InChI=1S/C15H24N2O5/c1-11-8-12(22-14(11)15(19)21-5)9-17(6-7-20-4)10-13(18)16(2)3/h8H,6-7,9-10H2,1-5H3. The molecule has 7 heteroatoms. The van der Waals surface area contributed by atoms with Gasteiger partial charge in [0.1, 0.15) is 5.76 Å². The number of hydrogen-bond donors (Lipinski definition) is 0. The highest BCUT2D eigenvalue weighted by Crippen LogP contribution is 2.17. The molecular formula is C15H24N2O5. The molecule has 1 heterocycles. The average molecular weight is 312 g/mol. The van der Waals surface area contributed by atoms with Crippen molar-refractivity contribution in [3.8, 4) is 0 Å². The molecular weight excluding hydrogens is 288 g/mol. The molecule has 0 atom stereocenters. The van der Waals surface area contributed by atoms with Gasteiger partial charge in [0.15, 0.2) is 0 Å². The molecule has 124 valence electrons. The van der Waals surface area contributed by atoms with E-state index in [1.165, 1.54) is 12.0 Å². The van der Waals surface area contributed by atoms with Gasteiger partial charge in [-0.3, -0.25) is 9.69 Å². The van der Waals surface area contributed by atoms with Crippen LogP contribution in [0.3, 0.4) is 0 Å². The van der Waals surface area contributed by atoms with E-state index in [2.05, 4.69) is 4.74 Å². The highest BCUT2D eigenvalue weighted by atomic mass is 16.5. The van der Waals surface area contributed by atoms with Crippen molar-refractivity contribution in [2.75, 3.05) is 48.0 Å². The summed E-state index contributed by atoms with van der Waals surface area (Å²) in [5, 5.41) is 0. The number of furan rings is 1. The highest BCUT2D eigenvalue weighted by Gasteiger charge is 2.19. The Bertz CT molecular complexity index is 510. The van der Waals surface area contributed by atoms with Crippen LogP contribution in [0.25, 0.3) is 0 Å². The molecule has 0 bridgehead atoms. The van der Waals surface area contributed by atoms with Crippen molar-refractivity contribution in [1.82, 2.24) is 9.80 Å². The second kappa shape index (κ2) is 8.55. The lowest BCUT2D eigenvalue weighted by Gasteiger charge is -2.22. The summed E-state index contributed by atoms with van der Waals surface area (Å²) in [6.45, 7) is 3.54. The van der Waals surface area contributed by atoms with Crippen LogP contribution in [0.4, 0.5) is 0 Å². The van der Waals surface area contributed by atoms with E-state index in [4.69, 9.17) is 9.15 Å². The van der Waals surface area contributed by atoms with Crippen LogP contribution in [0.15, 0.2) is 10.5 Å². The van der Waals surface area contributed by atoms with Crippen LogP contribution in [-0.4, -0.2) is 69.7 Å². The maximum Gasteiger partial charge on any atom is 0.374 e. The van der Waals surface area contributed by atoms with E-state index >= 15 is 0 Å². The molecule has 0 aliphatic carbocycles. The topological polar surface area (TPSA) is 72.2 Å². The van der Waals surface area contributed by atoms with Crippen molar-refractivity contribution in [2.45, 2.75) is 13.5 Å². The fraction of sp³-hybridized carbons (Fsp3) is 0.600. The molecule has 0 aromatic carbocycles. The van der Waals surface area contributed by atoms with E-state index < -0.39 is 5.97 Å². The first-order valence-electron chi connectivity index (χ1n) is 6.98. The molecule has 0 unspecified atom stereocenters. The van der Waals surface area contributed by atoms with Crippen molar-refractivity contribution >= 4 is 11.9 Å². The number of nitrogens with zero attached hydrogens (tertiary/aromatic N) is 2. The zero-order valence-corrected chi connectivity index (χ0v) is 13.8. The van der Waals surface area contributed by atoms with Crippen LogP contribution < -0.4 is 0 Å². The first kappa shape index (κ1) is 18.2. The van der Waals surface area contributed by atoms with E-state index in [1.807, 2.05) is 4.90 Å². The third kappa shape index (κ3) is 5.16. The van der Waals surface area contributed by atoms with Gasteiger partial charge in [-0.2, -0.15) is 0 Å². The number of likely N-dealkylation sites (N-methyl/N-ethyl adjacent to an activating group) is 1. The summed E-state index contributed by atoms with van der Waals surface area (Å²) in [5.74, 6) is 0.299. The number of methoxy groups -OCH3 is 2. The Morgan fingerprint density at radius 1 is 1.27 bits per heavy atom. The van der Waals surface area contributed by atoms with Crippen molar-refractivity contribution in [3.05, 3.63) is 23.2 Å². The van der Waals surface area contributed by atoms with E-state index in [0.717, 1.165) is 0 Å². The molecule has 1 rings (SSSR count). The van der Waals surface area contributed by atoms with Crippen molar-refractivity contribution < 1.29 is 23.5 Å². The predicted molar refractivity (Wildman–Crippen MR) is 80.6 cm³/mol. The third-order valence-corrected chi connectivity index (χ3v) is 3.19. The Hall–Kier alpha value is -1.86. The Morgan fingerprint density at radius 3 is 2.50 bits per heavy atom. The maximum absolute atomic E-state index is 11.9. The number of amides is 1. The predicted octanol–water partition coefficient (Wildman–Crippen LogP) is 0.911. The van der Waals surface area contributed by atoms with Crippen molar-refractivity contribution in [1.29, 1.82) is 0 Å². The van der Waals surface area contributed by atoms with Gasteiger partial charge in [-0.05, 0) is 13.0 Å². The molecule has 22 heavy (non-hydrogen) atoms. The molecule has 0 spiro atoms. The Balaban J connectivity index is 2.80.